The van der Waals surface area contributed by atoms with Crippen molar-refractivity contribution in [3.63, 3.8) is 0 Å². The minimum Gasteiger partial charge on any atom is -0.326 e. The third kappa shape index (κ3) is 8.78. The van der Waals surface area contributed by atoms with Gasteiger partial charge in [-0.3, -0.25) is 9.59 Å². The van der Waals surface area contributed by atoms with Crippen LogP contribution in [0.5, 0.6) is 0 Å². The maximum atomic E-state index is 12.7. The lowest BCUT2D eigenvalue weighted by atomic mass is 9.84. The topological polar surface area (TPSA) is 40.6 Å². The largest absolute Gasteiger partial charge is 0.326 e. The third-order valence-electron chi connectivity index (χ3n) is 8.47. The van der Waals surface area contributed by atoms with Crippen molar-refractivity contribution in [2.45, 2.75) is 85.5 Å². The molecule has 0 saturated carbocycles. The van der Waals surface area contributed by atoms with Gasteiger partial charge in [0.05, 0.1) is 9.98 Å². The molecule has 10 heteroatoms. The average Bonchev–Trinajstić information content (AvgIpc) is 3.56. The Hall–Kier alpha value is -0.520. The van der Waals surface area contributed by atoms with Gasteiger partial charge in [0.15, 0.2) is 0 Å². The number of thioether (sulfide) groups is 2. The van der Waals surface area contributed by atoms with Gasteiger partial charge in [0, 0.05) is 50.6 Å². The Morgan fingerprint density at radius 3 is 1.51 bits per heavy atom. The van der Waals surface area contributed by atoms with E-state index in [1.165, 1.54) is 9.81 Å². The summed E-state index contributed by atoms with van der Waals surface area (Å²) in [5.74, 6) is 3.33. The molecular formula is C31H42N2O2S6. The van der Waals surface area contributed by atoms with E-state index in [9.17, 15) is 9.59 Å². The van der Waals surface area contributed by atoms with E-state index in [1.54, 1.807) is 0 Å². The van der Waals surface area contributed by atoms with Crippen LogP contribution in [0, 0.1) is 22.7 Å². The first-order valence-electron chi connectivity index (χ1n) is 14.7. The van der Waals surface area contributed by atoms with Crippen molar-refractivity contribution in [2.24, 2.45) is 22.7 Å². The van der Waals surface area contributed by atoms with Gasteiger partial charge in [-0.15, -0.1) is 23.5 Å². The van der Waals surface area contributed by atoms with Gasteiger partial charge in [-0.1, -0.05) is 76.6 Å². The number of rotatable bonds is 14. The lowest BCUT2D eigenvalue weighted by molar-refractivity contribution is -0.121. The number of Topliss-reactive ketones (excluding diaryl/α,β-unsaturated/α-hetero) is 2. The fraction of sp³-hybridized carbons (Fsp3) is 0.677. The van der Waals surface area contributed by atoms with Gasteiger partial charge in [0.2, 0.25) is 0 Å². The number of hydrogen-bond acceptors (Lipinski definition) is 8. The van der Waals surface area contributed by atoms with E-state index < -0.39 is 0 Å². The van der Waals surface area contributed by atoms with Gasteiger partial charge in [0.25, 0.3) is 0 Å². The van der Waals surface area contributed by atoms with Crippen LogP contribution >= 0.6 is 72.4 Å². The van der Waals surface area contributed by atoms with Gasteiger partial charge in [-0.05, 0) is 76.4 Å². The fourth-order valence-corrected chi connectivity index (χ4v) is 10.1. The summed E-state index contributed by atoms with van der Waals surface area (Å²) in [5, 5.41) is 0. The Morgan fingerprint density at radius 2 is 1.12 bits per heavy atom. The molecule has 0 spiro atoms. The molecule has 0 amide bonds. The lowest BCUT2D eigenvalue weighted by Gasteiger charge is -2.38. The van der Waals surface area contributed by atoms with Gasteiger partial charge in [-0.25, -0.2) is 0 Å². The molecule has 4 rings (SSSR count). The molecule has 2 unspecified atom stereocenters. The molecular weight excluding hydrogens is 625 g/mol. The van der Waals surface area contributed by atoms with Crippen LogP contribution in [-0.4, -0.2) is 65.9 Å². The van der Waals surface area contributed by atoms with E-state index in [4.69, 9.17) is 48.9 Å². The standard InChI is InChI=1S/C31H42N2O2S6/c1-30(2,18-32-26(36)16-24-22(28(32)38)10-14-40-24)12-8-20(34)6-5-7-21(35)9-13-31(3,4)19-33-27(37)17-25-23(29(33)39)11-15-41-25/h16-17,22-23H,5-15,18-19H2,1-4H3. The van der Waals surface area contributed by atoms with Crippen LogP contribution in [0.2, 0.25) is 0 Å². The van der Waals surface area contributed by atoms with Crippen LogP contribution in [0.1, 0.15) is 85.5 Å². The Labute approximate surface area is 276 Å². The highest BCUT2D eigenvalue weighted by molar-refractivity contribution is 8.03. The van der Waals surface area contributed by atoms with E-state index in [1.807, 2.05) is 23.5 Å². The second-order valence-electron chi connectivity index (χ2n) is 13.3. The molecule has 4 nitrogen and oxygen atoms in total. The molecule has 0 radical (unpaired) electrons. The van der Waals surface area contributed by atoms with Gasteiger partial charge in [-0.2, -0.15) is 0 Å². The summed E-state index contributed by atoms with van der Waals surface area (Å²) in [7, 11) is 0. The van der Waals surface area contributed by atoms with Crippen molar-refractivity contribution in [1.29, 1.82) is 0 Å². The van der Waals surface area contributed by atoms with Gasteiger partial charge >= 0.3 is 0 Å². The molecule has 0 aromatic carbocycles. The molecule has 2 saturated heterocycles. The molecule has 4 aliphatic heterocycles. The summed E-state index contributed by atoms with van der Waals surface area (Å²) >= 11 is 26.7. The Bertz CT molecular complexity index is 1100. The first-order valence-corrected chi connectivity index (χ1v) is 18.3. The van der Waals surface area contributed by atoms with Crippen LogP contribution in [0.15, 0.2) is 22.0 Å². The third-order valence-corrected chi connectivity index (χ3v) is 12.5. The highest BCUT2D eigenvalue weighted by Gasteiger charge is 2.38. The fourth-order valence-electron chi connectivity index (χ4n) is 5.86. The molecule has 4 aliphatic rings. The summed E-state index contributed by atoms with van der Waals surface area (Å²) in [5.41, 5.74) is -0.176. The predicted octanol–water partition coefficient (Wildman–Crippen LogP) is 8.12. The van der Waals surface area contributed by atoms with E-state index >= 15 is 0 Å². The molecule has 2 atom stereocenters. The maximum absolute atomic E-state index is 12.7. The average molecular weight is 667 g/mol. The maximum Gasteiger partial charge on any atom is 0.132 e. The number of ketones is 2. The molecule has 224 valence electrons. The van der Waals surface area contributed by atoms with Crippen LogP contribution in [0.25, 0.3) is 0 Å². The highest BCUT2D eigenvalue weighted by atomic mass is 32.2. The zero-order valence-electron chi connectivity index (χ0n) is 24.7. The molecule has 41 heavy (non-hydrogen) atoms. The first kappa shape index (κ1) is 33.4. The van der Waals surface area contributed by atoms with Crippen molar-refractivity contribution in [3.05, 3.63) is 22.0 Å². The van der Waals surface area contributed by atoms with Crippen molar-refractivity contribution in [3.8, 4) is 0 Å². The van der Waals surface area contributed by atoms with Crippen LogP contribution in [-0.2, 0) is 9.59 Å². The smallest absolute Gasteiger partial charge is 0.132 e. The molecule has 0 N–H and O–H groups in total. The number of nitrogens with zero attached hydrogens (tertiary/aromatic N) is 2. The summed E-state index contributed by atoms with van der Waals surface area (Å²) in [6.45, 7) is 10.2. The monoisotopic (exact) mass is 666 g/mol. The summed E-state index contributed by atoms with van der Waals surface area (Å²) in [6, 6.07) is 0. The van der Waals surface area contributed by atoms with Crippen molar-refractivity contribution >= 4 is 104 Å². The van der Waals surface area contributed by atoms with Crippen molar-refractivity contribution in [2.75, 3.05) is 24.6 Å². The quantitative estimate of drug-likeness (QED) is 0.170. The summed E-state index contributed by atoms with van der Waals surface area (Å²) in [6.07, 6.45) is 10.6. The molecule has 4 heterocycles. The summed E-state index contributed by atoms with van der Waals surface area (Å²) in [4.78, 5) is 35.7. The highest BCUT2D eigenvalue weighted by Crippen LogP contribution is 2.43. The normalized spacial score (nSPS) is 23.0. The molecule has 2 fully saturated rings. The first-order chi connectivity index (χ1) is 19.3. The van der Waals surface area contributed by atoms with Crippen LogP contribution in [0.4, 0.5) is 0 Å². The lowest BCUT2D eigenvalue weighted by Crippen LogP contribution is -2.45. The number of thiocarbonyl (C=S) groups is 4. The van der Waals surface area contributed by atoms with Crippen molar-refractivity contribution < 1.29 is 9.59 Å². The van der Waals surface area contributed by atoms with E-state index in [0.29, 0.717) is 43.9 Å². The molecule has 0 bridgehead atoms. The zero-order valence-corrected chi connectivity index (χ0v) is 29.6. The zero-order chi connectivity index (χ0) is 29.9. The van der Waals surface area contributed by atoms with Crippen LogP contribution < -0.4 is 0 Å². The number of fused-ring (bicyclic) bond motifs is 2. The van der Waals surface area contributed by atoms with E-state index in [0.717, 1.165) is 70.2 Å². The van der Waals surface area contributed by atoms with Gasteiger partial charge < -0.3 is 9.80 Å². The predicted molar refractivity (Wildman–Crippen MR) is 191 cm³/mol. The SMILES string of the molecule is CC(C)(CCC(=O)CCCC(=O)CCC(C)(C)CN1C(=S)C=C2SCCC2C1=S)CN1C(=S)C=C2SCCC2C1=S. The number of carbonyl (C=O) groups excluding carboxylic acids is 2. The summed E-state index contributed by atoms with van der Waals surface area (Å²) < 4.78 is 0. The van der Waals surface area contributed by atoms with E-state index in [-0.39, 0.29) is 22.4 Å². The Morgan fingerprint density at radius 1 is 0.732 bits per heavy atom. The second-order valence-corrected chi connectivity index (χ2v) is 17.3. The minimum atomic E-state index is -0.0881. The minimum absolute atomic E-state index is 0.0881. The second kappa shape index (κ2) is 14.1. The van der Waals surface area contributed by atoms with Crippen molar-refractivity contribution in [1.82, 2.24) is 9.80 Å². The van der Waals surface area contributed by atoms with Gasteiger partial charge in [0.1, 0.15) is 21.5 Å². The molecule has 0 aromatic rings. The molecule has 0 aliphatic carbocycles. The number of hydrogen-bond donors (Lipinski definition) is 0. The van der Waals surface area contributed by atoms with Crippen LogP contribution in [0.3, 0.4) is 0 Å². The molecule has 0 aromatic heterocycles. The number of carbonyl (C=O) groups is 2. The Balaban J connectivity index is 1.14. The Kier molecular flexibility index (Phi) is 11.4. The van der Waals surface area contributed by atoms with E-state index in [2.05, 4.69) is 49.6 Å².